The second-order valence-corrected chi connectivity index (χ2v) is 7.32. The second kappa shape index (κ2) is 5.69. The molecule has 7 nitrogen and oxygen atoms in total. The molecule has 0 aromatic rings. The van der Waals surface area contributed by atoms with Crippen LogP contribution in [0.3, 0.4) is 0 Å². The third-order valence-corrected chi connectivity index (χ3v) is 5.24. The lowest BCUT2D eigenvalue weighted by Crippen LogP contribution is -2.61. The molecule has 0 spiro atoms. The van der Waals surface area contributed by atoms with Gasteiger partial charge >= 0.3 is 0 Å². The van der Waals surface area contributed by atoms with E-state index in [2.05, 4.69) is 5.32 Å². The van der Waals surface area contributed by atoms with Gasteiger partial charge in [0.1, 0.15) is 12.1 Å². The summed E-state index contributed by atoms with van der Waals surface area (Å²) in [4.78, 5) is 25.7. The van der Waals surface area contributed by atoms with Crippen molar-refractivity contribution in [2.24, 2.45) is 0 Å². The van der Waals surface area contributed by atoms with Crippen molar-refractivity contribution in [2.75, 3.05) is 25.9 Å². The van der Waals surface area contributed by atoms with E-state index in [1.165, 1.54) is 9.21 Å². The number of hydrogen-bond donors (Lipinski definition) is 1. The molecule has 8 heteroatoms. The standard InChI is InChI=1S/C12H21N3O4S/c1-9-11(16)13-6-8-14(9)12(17)10-5-3-4-7-15(10)20(2,18)19/h9-10H,3-8H2,1-2H3,(H,13,16). The molecule has 2 aliphatic rings. The van der Waals surface area contributed by atoms with Gasteiger partial charge < -0.3 is 10.2 Å². The molecule has 2 aliphatic heterocycles. The van der Waals surface area contributed by atoms with Crippen molar-refractivity contribution in [3.05, 3.63) is 0 Å². The molecule has 114 valence electrons. The number of piperazine rings is 1. The topological polar surface area (TPSA) is 86.8 Å². The Morgan fingerprint density at radius 2 is 2.00 bits per heavy atom. The maximum atomic E-state index is 12.6. The number of amides is 2. The maximum absolute atomic E-state index is 12.6. The van der Waals surface area contributed by atoms with Crippen LogP contribution in [0.2, 0.25) is 0 Å². The summed E-state index contributed by atoms with van der Waals surface area (Å²) < 4.78 is 24.9. The number of carbonyl (C=O) groups excluding carboxylic acids is 2. The van der Waals surface area contributed by atoms with E-state index < -0.39 is 22.1 Å². The Kier molecular flexibility index (Phi) is 4.33. The van der Waals surface area contributed by atoms with Crippen LogP contribution in [0.5, 0.6) is 0 Å². The SMILES string of the molecule is CC1C(=O)NCCN1C(=O)C1CCCCN1S(C)(=O)=O. The largest absolute Gasteiger partial charge is 0.353 e. The minimum absolute atomic E-state index is 0.189. The number of nitrogens with zero attached hydrogens (tertiary/aromatic N) is 2. The van der Waals surface area contributed by atoms with Gasteiger partial charge in [0.05, 0.1) is 6.26 Å². The lowest BCUT2D eigenvalue weighted by molar-refractivity contribution is -0.146. The first-order valence-corrected chi connectivity index (χ1v) is 8.72. The van der Waals surface area contributed by atoms with E-state index in [9.17, 15) is 18.0 Å². The predicted molar refractivity (Wildman–Crippen MR) is 73.4 cm³/mol. The van der Waals surface area contributed by atoms with E-state index >= 15 is 0 Å². The summed E-state index contributed by atoms with van der Waals surface area (Å²) in [5.41, 5.74) is 0. The molecule has 2 saturated heterocycles. The van der Waals surface area contributed by atoms with Crippen molar-refractivity contribution in [3.63, 3.8) is 0 Å². The molecule has 2 amide bonds. The van der Waals surface area contributed by atoms with Gasteiger partial charge in [-0.25, -0.2) is 8.42 Å². The van der Waals surface area contributed by atoms with Gasteiger partial charge in [0.15, 0.2) is 0 Å². The first-order chi connectivity index (χ1) is 9.32. The number of carbonyl (C=O) groups is 2. The molecule has 0 aliphatic carbocycles. The highest BCUT2D eigenvalue weighted by Gasteiger charge is 2.40. The molecule has 2 heterocycles. The zero-order valence-corrected chi connectivity index (χ0v) is 12.6. The molecular weight excluding hydrogens is 282 g/mol. The summed E-state index contributed by atoms with van der Waals surface area (Å²) in [7, 11) is -3.40. The first-order valence-electron chi connectivity index (χ1n) is 6.87. The summed E-state index contributed by atoms with van der Waals surface area (Å²) in [6.07, 6.45) is 3.26. The van der Waals surface area contributed by atoms with Gasteiger partial charge in [-0.05, 0) is 19.8 Å². The van der Waals surface area contributed by atoms with Crippen LogP contribution in [0.4, 0.5) is 0 Å². The molecule has 20 heavy (non-hydrogen) atoms. The zero-order chi connectivity index (χ0) is 14.9. The summed E-state index contributed by atoms with van der Waals surface area (Å²) in [6.45, 7) is 2.89. The van der Waals surface area contributed by atoms with Gasteiger partial charge in [-0.15, -0.1) is 0 Å². The quantitative estimate of drug-likeness (QED) is 0.720. The Labute approximate surface area is 119 Å². The molecule has 0 radical (unpaired) electrons. The molecule has 1 N–H and O–H groups in total. The molecule has 0 aromatic heterocycles. The van der Waals surface area contributed by atoms with Gasteiger partial charge in [-0.1, -0.05) is 6.42 Å². The Bertz CT molecular complexity index is 505. The van der Waals surface area contributed by atoms with Crippen LogP contribution in [0.1, 0.15) is 26.2 Å². The third kappa shape index (κ3) is 2.95. The fourth-order valence-corrected chi connectivity index (χ4v) is 3.94. The van der Waals surface area contributed by atoms with Crippen molar-refractivity contribution >= 4 is 21.8 Å². The number of hydrogen-bond acceptors (Lipinski definition) is 4. The number of piperidine rings is 1. The van der Waals surface area contributed by atoms with E-state index in [1.54, 1.807) is 6.92 Å². The lowest BCUT2D eigenvalue weighted by Gasteiger charge is -2.39. The Hall–Kier alpha value is -1.15. The van der Waals surface area contributed by atoms with E-state index in [-0.39, 0.29) is 11.8 Å². The zero-order valence-electron chi connectivity index (χ0n) is 11.8. The minimum Gasteiger partial charge on any atom is -0.353 e. The van der Waals surface area contributed by atoms with Crippen molar-refractivity contribution in [1.29, 1.82) is 0 Å². The van der Waals surface area contributed by atoms with Crippen LogP contribution >= 0.6 is 0 Å². The fraction of sp³-hybridized carbons (Fsp3) is 0.833. The van der Waals surface area contributed by atoms with Gasteiger partial charge in [0.25, 0.3) is 0 Å². The van der Waals surface area contributed by atoms with Gasteiger partial charge in [-0.3, -0.25) is 9.59 Å². The highest BCUT2D eigenvalue weighted by atomic mass is 32.2. The lowest BCUT2D eigenvalue weighted by atomic mass is 10.0. The molecule has 0 bridgehead atoms. The second-order valence-electron chi connectivity index (χ2n) is 5.38. The molecule has 0 aromatic carbocycles. The van der Waals surface area contributed by atoms with Crippen LogP contribution in [-0.2, 0) is 19.6 Å². The van der Waals surface area contributed by atoms with Crippen LogP contribution in [-0.4, -0.2) is 67.4 Å². The highest BCUT2D eigenvalue weighted by Crippen LogP contribution is 2.22. The molecule has 2 fully saturated rings. The van der Waals surface area contributed by atoms with Crippen molar-refractivity contribution in [2.45, 2.75) is 38.3 Å². The van der Waals surface area contributed by atoms with Crippen LogP contribution in [0.15, 0.2) is 0 Å². The number of sulfonamides is 1. The molecular formula is C12H21N3O4S. The average Bonchev–Trinajstić information content (AvgIpc) is 2.40. The molecule has 2 unspecified atom stereocenters. The third-order valence-electron chi connectivity index (χ3n) is 3.95. The number of rotatable bonds is 2. The van der Waals surface area contributed by atoms with Crippen molar-refractivity contribution < 1.29 is 18.0 Å². The van der Waals surface area contributed by atoms with Crippen molar-refractivity contribution in [3.8, 4) is 0 Å². The molecule has 2 atom stereocenters. The summed E-state index contributed by atoms with van der Waals surface area (Å²) in [6, 6.07) is -1.20. The molecule has 0 saturated carbocycles. The van der Waals surface area contributed by atoms with Gasteiger partial charge in [0.2, 0.25) is 21.8 Å². The van der Waals surface area contributed by atoms with Gasteiger partial charge in [-0.2, -0.15) is 4.31 Å². The maximum Gasteiger partial charge on any atom is 0.242 e. The van der Waals surface area contributed by atoms with E-state index in [0.717, 1.165) is 19.1 Å². The average molecular weight is 303 g/mol. The minimum atomic E-state index is -3.40. The van der Waals surface area contributed by atoms with E-state index in [0.29, 0.717) is 26.1 Å². The summed E-state index contributed by atoms with van der Waals surface area (Å²) in [5.74, 6) is -0.441. The van der Waals surface area contributed by atoms with E-state index in [4.69, 9.17) is 0 Å². The Morgan fingerprint density at radius 3 is 2.65 bits per heavy atom. The van der Waals surface area contributed by atoms with Crippen LogP contribution < -0.4 is 5.32 Å². The first kappa shape index (κ1) is 15.2. The van der Waals surface area contributed by atoms with Gasteiger partial charge in [0, 0.05) is 19.6 Å². The fourth-order valence-electron chi connectivity index (χ4n) is 2.82. The Morgan fingerprint density at radius 1 is 1.30 bits per heavy atom. The van der Waals surface area contributed by atoms with Crippen LogP contribution in [0, 0.1) is 0 Å². The Balaban J connectivity index is 2.19. The molecule has 2 rings (SSSR count). The summed E-state index contributed by atoms with van der Waals surface area (Å²) in [5, 5.41) is 2.70. The highest BCUT2D eigenvalue weighted by molar-refractivity contribution is 7.88. The smallest absolute Gasteiger partial charge is 0.242 e. The predicted octanol–water partition coefficient (Wildman–Crippen LogP) is -0.853. The van der Waals surface area contributed by atoms with Crippen molar-refractivity contribution in [1.82, 2.24) is 14.5 Å². The van der Waals surface area contributed by atoms with Crippen LogP contribution in [0.25, 0.3) is 0 Å². The normalized spacial score (nSPS) is 29.1. The number of nitrogens with one attached hydrogen (secondary N) is 1. The summed E-state index contributed by atoms with van der Waals surface area (Å²) >= 11 is 0. The monoisotopic (exact) mass is 303 g/mol. The van der Waals surface area contributed by atoms with E-state index in [1.807, 2.05) is 0 Å².